The summed E-state index contributed by atoms with van der Waals surface area (Å²) >= 11 is 0. The molecule has 20 heavy (non-hydrogen) atoms. The van der Waals surface area contributed by atoms with Crippen molar-refractivity contribution in [2.75, 3.05) is 6.54 Å². The van der Waals surface area contributed by atoms with E-state index in [0.29, 0.717) is 13.0 Å². The van der Waals surface area contributed by atoms with Crippen LogP contribution in [0.1, 0.15) is 22.6 Å². The van der Waals surface area contributed by atoms with Crippen molar-refractivity contribution in [2.45, 2.75) is 31.2 Å². The Bertz CT molecular complexity index is 707. The molecule has 2 N–H and O–H groups in total. The van der Waals surface area contributed by atoms with Crippen molar-refractivity contribution < 1.29 is 12.8 Å². The van der Waals surface area contributed by atoms with Gasteiger partial charge in [0.1, 0.15) is 0 Å². The molecule has 108 valence electrons. The Balaban J connectivity index is 2.28. The van der Waals surface area contributed by atoms with E-state index in [1.165, 1.54) is 0 Å². The highest BCUT2D eigenvalue weighted by molar-refractivity contribution is 7.90. The van der Waals surface area contributed by atoms with Gasteiger partial charge in [-0.3, -0.25) is 0 Å². The molecule has 0 unspecified atom stereocenters. The third-order valence-electron chi connectivity index (χ3n) is 2.92. The van der Waals surface area contributed by atoms with Crippen molar-refractivity contribution in [1.29, 1.82) is 0 Å². The van der Waals surface area contributed by atoms with Crippen LogP contribution in [0, 0.1) is 13.8 Å². The highest BCUT2D eigenvalue weighted by Gasteiger charge is 2.23. The number of hydrogen-bond acceptors (Lipinski definition) is 6. The molecule has 0 aliphatic rings. The van der Waals surface area contributed by atoms with Crippen molar-refractivity contribution in [3.63, 3.8) is 0 Å². The third-order valence-corrected chi connectivity index (χ3v) is 4.31. The first-order valence-electron chi connectivity index (χ1n) is 6.23. The minimum atomic E-state index is -3.63. The van der Waals surface area contributed by atoms with Gasteiger partial charge >= 0.3 is 5.22 Å². The normalized spacial score (nSPS) is 11.8. The Kier molecular flexibility index (Phi) is 4.20. The number of aryl methyl sites for hydroxylation is 2. The van der Waals surface area contributed by atoms with Crippen molar-refractivity contribution in [3.05, 3.63) is 40.8 Å². The summed E-state index contributed by atoms with van der Waals surface area (Å²) in [7, 11) is -3.63. The molecular weight excluding hydrogens is 278 g/mol. The van der Waals surface area contributed by atoms with Crippen LogP contribution in [0.2, 0.25) is 0 Å². The van der Waals surface area contributed by atoms with E-state index in [9.17, 15) is 8.42 Å². The van der Waals surface area contributed by atoms with Gasteiger partial charge in [-0.1, -0.05) is 28.9 Å². The number of rotatable bonds is 5. The van der Waals surface area contributed by atoms with Crippen molar-refractivity contribution in [1.82, 2.24) is 10.2 Å². The van der Waals surface area contributed by atoms with Crippen molar-refractivity contribution >= 4 is 9.84 Å². The number of hydrogen-bond donors (Lipinski definition) is 1. The molecule has 1 heterocycles. The highest BCUT2D eigenvalue weighted by atomic mass is 32.2. The Morgan fingerprint density at radius 2 is 2.00 bits per heavy atom. The number of nitrogens with two attached hydrogens (primary N) is 1. The van der Waals surface area contributed by atoms with E-state index in [1.54, 1.807) is 0 Å². The average molecular weight is 295 g/mol. The quantitative estimate of drug-likeness (QED) is 0.888. The van der Waals surface area contributed by atoms with Gasteiger partial charge < -0.3 is 10.2 Å². The van der Waals surface area contributed by atoms with E-state index >= 15 is 0 Å². The molecule has 0 bridgehead atoms. The lowest BCUT2D eigenvalue weighted by molar-refractivity contribution is 0.397. The van der Waals surface area contributed by atoms with Crippen molar-refractivity contribution in [2.24, 2.45) is 5.73 Å². The Morgan fingerprint density at radius 3 is 2.70 bits per heavy atom. The molecule has 0 saturated carbocycles. The van der Waals surface area contributed by atoms with Crippen LogP contribution in [-0.4, -0.2) is 25.2 Å². The second kappa shape index (κ2) is 5.72. The summed E-state index contributed by atoms with van der Waals surface area (Å²) in [6.45, 7) is 4.12. The van der Waals surface area contributed by atoms with E-state index in [-0.39, 0.29) is 16.9 Å². The second-order valence-corrected chi connectivity index (χ2v) is 6.56. The summed E-state index contributed by atoms with van der Waals surface area (Å²) in [5, 5.41) is 6.93. The summed E-state index contributed by atoms with van der Waals surface area (Å²) in [5.41, 5.74) is 8.03. The topological polar surface area (TPSA) is 99.1 Å². The first kappa shape index (κ1) is 14.7. The average Bonchev–Trinajstić information content (AvgIpc) is 2.83. The van der Waals surface area contributed by atoms with Gasteiger partial charge in [0.25, 0.3) is 0 Å². The monoisotopic (exact) mass is 295 g/mol. The molecule has 6 nitrogen and oxygen atoms in total. The van der Waals surface area contributed by atoms with Gasteiger partial charge in [-0.15, -0.1) is 5.10 Å². The summed E-state index contributed by atoms with van der Waals surface area (Å²) in [6.07, 6.45) is 0.367. The van der Waals surface area contributed by atoms with Gasteiger partial charge in [-0.25, -0.2) is 8.42 Å². The fourth-order valence-electron chi connectivity index (χ4n) is 1.81. The van der Waals surface area contributed by atoms with E-state index in [2.05, 4.69) is 10.2 Å². The number of aromatic nitrogens is 2. The van der Waals surface area contributed by atoms with Crippen LogP contribution in [0.15, 0.2) is 27.8 Å². The van der Waals surface area contributed by atoms with Gasteiger partial charge in [-0.05, 0) is 25.0 Å². The minimum Gasteiger partial charge on any atom is -0.412 e. The van der Waals surface area contributed by atoms with Gasteiger partial charge in [-0.2, -0.15) is 0 Å². The van der Waals surface area contributed by atoms with E-state index in [0.717, 1.165) is 16.7 Å². The molecule has 0 saturated heterocycles. The zero-order chi connectivity index (χ0) is 14.8. The SMILES string of the molecule is Cc1ccc(C)c(CS(=O)(=O)c2nnc(CCN)o2)c1. The van der Waals surface area contributed by atoms with Gasteiger partial charge in [0, 0.05) is 13.0 Å². The first-order valence-corrected chi connectivity index (χ1v) is 7.89. The summed E-state index contributed by atoms with van der Waals surface area (Å²) in [5.74, 6) is 0.0946. The zero-order valence-corrected chi connectivity index (χ0v) is 12.3. The minimum absolute atomic E-state index is 0.148. The van der Waals surface area contributed by atoms with Crippen LogP contribution in [0.5, 0.6) is 0 Å². The van der Waals surface area contributed by atoms with E-state index < -0.39 is 9.84 Å². The van der Waals surface area contributed by atoms with Crippen molar-refractivity contribution in [3.8, 4) is 0 Å². The zero-order valence-electron chi connectivity index (χ0n) is 11.5. The second-order valence-electron chi connectivity index (χ2n) is 4.69. The first-order chi connectivity index (χ1) is 9.42. The standard InChI is InChI=1S/C13H17N3O3S/c1-9-3-4-10(2)11(7-9)8-20(17,18)13-16-15-12(19-13)5-6-14/h3-4,7H,5-6,8,14H2,1-2H3. The lowest BCUT2D eigenvalue weighted by Gasteiger charge is -2.05. The van der Waals surface area contributed by atoms with Gasteiger partial charge in [0.15, 0.2) is 0 Å². The fraction of sp³-hybridized carbons (Fsp3) is 0.385. The molecule has 1 aromatic heterocycles. The summed E-state index contributed by atoms with van der Waals surface area (Å²) < 4.78 is 29.7. The summed E-state index contributed by atoms with van der Waals surface area (Å²) in [6, 6.07) is 5.69. The number of sulfone groups is 1. The van der Waals surface area contributed by atoms with Crippen LogP contribution < -0.4 is 5.73 Å². The van der Waals surface area contributed by atoms with Gasteiger partial charge in [0.2, 0.25) is 15.7 Å². The molecule has 0 aliphatic heterocycles. The third kappa shape index (κ3) is 3.23. The lowest BCUT2D eigenvalue weighted by Crippen LogP contribution is -2.07. The number of nitrogens with zero attached hydrogens (tertiary/aromatic N) is 2. The highest BCUT2D eigenvalue weighted by Crippen LogP contribution is 2.19. The Morgan fingerprint density at radius 1 is 1.25 bits per heavy atom. The lowest BCUT2D eigenvalue weighted by atomic mass is 10.1. The summed E-state index contributed by atoms with van der Waals surface area (Å²) in [4.78, 5) is 0. The van der Waals surface area contributed by atoms with E-state index in [4.69, 9.17) is 10.2 Å². The smallest absolute Gasteiger partial charge is 0.335 e. The molecule has 1 aromatic carbocycles. The molecule has 0 atom stereocenters. The largest absolute Gasteiger partial charge is 0.412 e. The maximum Gasteiger partial charge on any atom is 0.335 e. The van der Waals surface area contributed by atoms with Crippen LogP contribution in [-0.2, 0) is 22.0 Å². The molecule has 7 heteroatoms. The number of benzene rings is 1. The molecule has 0 aliphatic carbocycles. The molecule has 0 radical (unpaired) electrons. The molecular formula is C13H17N3O3S. The Hall–Kier alpha value is -1.73. The molecule has 0 amide bonds. The Labute approximate surface area is 117 Å². The fourth-order valence-corrected chi connectivity index (χ4v) is 3.04. The molecule has 0 spiro atoms. The predicted octanol–water partition coefficient (Wildman–Crippen LogP) is 1.16. The van der Waals surface area contributed by atoms with Crippen LogP contribution >= 0.6 is 0 Å². The molecule has 0 fully saturated rings. The molecule has 2 aromatic rings. The van der Waals surface area contributed by atoms with Crippen LogP contribution in [0.4, 0.5) is 0 Å². The maximum atomic E-state index is 12.3. The van der Waals surface area contributed by atoms with Crippen LogP contribution in [0.25, 0.3) is 0 Å². The van der Waals surface area contributed by atoms with Crippen LogP contribution in [0.3, 0.4) is 0 Å². The van der Waals surface area contributed by atoms with Gasteiger partial charge in [0.05, 0.1) is 5.75 Å². The van der Waals surface area contributed by atoms with E-state index in [1.807, 2.05) is 32.0 Å². The maximum absolute atomic E-state index is 12.3. The predicted molar refractivity (Wildman–Crippen MR) is 73.9 cm³/mol. The molecule has 2 rings (SSSR count).